The summed E-state index contributed by atoms with van der Waals surface area (Å²) in [6, 6.07) is 3.51. The van der Waals surface area contributed by atoms with Gasteiger partial charge in [0.05, 0.1) is 12.7 Å². The number of aromatic nitrogens is 2. The number of fused-ring (bicyclic) bond motifs is 3. The Morgan fingerprint density at radius 2 is 2.32 bits per heavy atom. The third-order valence-electron chi connectivity index (χ3n) is 3.44. The molecule has 1 aliphatic heterocycles. The van der Waals surface area contributed by atoms with Gasteiger partial charge in [0.2, 0.25) is 5.44 Å². The summed E-state index contributed by atoms with van der Waals surface area (Å²) >= 11 is 0. The van der Waals surface area contributed by atoms with Gasteiger partial charge in [0.1, 0.15) is 12.1 Å². The second kappa shape index (κ2) is 5.41. The molecule has 0 amide bonds. The second-order valence-electron chi connectivity index (χ2n) is 5.24. The number of hydrogen-bond donors (Lipinski definition) is 2. The van der Waals surface area contributed by atoms with Gasteiger partial charge < -0.3 is 15.2 Å². The van der Waals surface area contributed by atoms with Crippen molar-refractivity contribution in [3.63, 3.8) is 0 Å². The number of benzene rings is 1. The fourth-order valence-corrected chi connectivity index (χ4v) is 3.11. The number of hydrogen-bond acceptors (Lipinski definition) is 6. The first-order valence-corrected chi connectivity index (χ1v) is 8.43. The van der Waals surface area contributed by atoms with Crippen LogP contribution in [0.25, 0.3) is 10.9 Å². The van der Waals surface area contributed by atoms with E-state index < -0.39 is 15.5 Å². The number of rotatable bonds is 4. The van der Waals surface area contributed by atoms with E-state index in [1.807, 2.05) is 13.0 Å². The van der Waals surface area contributed by atoms with Gasteiger partial charge in [0, 0.05) is 11.4 Å². The van der Waals surface area contributed by atoms with Gasteiger partial charge in [-0.2, -0.15) is 5.10 Å². The van der Waals surface area contributed by atoms with Gasteiger partial charge in [0.25, 0.3) is 10.0 Å². The Hall–Kier alpha value is -1.84. The quantitative estimate of drug-likeness (QED) is 0.820. The van der Waals surface area contributed by atoms with Crippen LogP contribution in [0.15, 0.2) is 18.3 Å². The number of sulfonamides is 1. The molecule has 3 rings (SSSR count). The van der Waals surface area contributed by atoms with Crippen molar-refractivity contribution in [3.05, 3.63) is 18.3 Å². The molecule has 0 radical (unpaired) electrons. The van der Waals surface area contributed by atoms with E-state index in [-0.39, 0.29) is 12.6 Å². The molecule has 1 aromatic carbocycles. The molecule has 1 aromatic heterocycles. The topological polar surface area (TPSA) is 108 Å². The van der Waals surface area contributed by atoms with Gasteiger partial charge in [-0.25, -0.2) is 13.1 Å². The standard InChI is InChI=1S/C13H18N4O4S/c1-8(14)6-17-12-9(5-16-17)3-4-10-13(12)21-11(7-20-10)22(18,19)15-2/h3-5,8,11,15H,6-7,14H2,1-2H3/t8-,11?/m0/s1. The Morgan fingerprint density at radius 3 is 3.00 bits per heavy atom. The van der Waals surface area contributed by atoms with E-state index >= 15 is 0 Å². The summed E-state index contributed by atoms with van der Waals surface area (Å²) in [6.45, 7) is 2.30. The summed E-state index contributed by atoms with van der Waals surface area (Å²) in [6.07, 6.45) is 1.69. The largest absolute Gasteiger partial charge is 0.485 e. The van der Waals surface area contributed by atoms with Gasteiger partial charge in [-0.1, -0.05) is 0 Å². The fraction of sp³-hybridized carbons (Fsp3) is 0.462. The predicted molar refractivity (Wildman–Crippen MR) is 81.3 cm³/mol. The van der Waals surface area contributed by atoms with Crippen molar-refractivity contribution in [2.75, 3.05) is 13.7 Å². The van der Waals surface area contributed by atoms with Gasteiger partial charge >= 0.3 is 0 Å². The molecule has 9 heteroatoms. The second-order valence-corrected chi connectivity index (χ2v) is 7.27. The number of nitrogens with one attached hydrogen (secondary N) is 1. The lowest BCUT2D eigenvalue weighted by Crippen LogP contribution is -2.42. The highest BCUT2D eigenvalue weighted by molar-refractivity contribution is 7.90. The summed E-state index contributed by atoms with van der Waals surface area (Å²) in [4.78, 5) is 0. The van der Waals surface area contributed by atoms with Gasteiger partial charge in [-0.05, 0) is 26.1 Å². The lowest BCUT2D eigenvalue weighted by molar-refractivity contribution is 0.142. The zero-order valence-electron chi connectivity index (χ0n) is 12.3. The lowest BCUT2D eigenvalue weighted by Gasteiger charge is -2.26. The van der Waals surface area contributed by atoms with E-state index in [1.54, 1.807) is 16.9 Å². The van der Waals surface area contributed by atoms with Crippen LogP contribution in [-0.4, -0.2) is 43.3 Å². The Labute approximate surface area is 128 Å². The minimum Gasteiger partial charge on any atom is -0.485 e. The first-order chi connectivity index (χ1) is 10.4. The van der Waals surface area contributed by atoms with Gasteiger partial charge in [-0.15, -0.1) is 0 Å². The van der Waals surface area contributed by atoms with Crippen LogP contribution >= 0.6 is 0 Å². The summed E-state index contributed by atoms with van der Waals surface area (Å²) < 4.78 is 39.1. The van der Waals surface area contributed by atoms with Crippen molar-refractivity contribution in [1.29, 1.82) is 0 Å². The van der Waals surface area contributed by atoms with Crippen molar-refractivity contribution in [2.24, 2.45) is 5.73 Å². The zero-order valence-corrected chi connectivity index (χ0v) is 13.1. The lowest BCUT2D eigenvalue weighted by atomic mass is 10.2. The maximum absolute atomic E-state index is 11.9. The van der Waals surface area contributed by atoms with Crippen molar-refractivity contribution < 1.29 is 17.9 Å². The molecule has 2 aromatic rings. The smallest absolute Gasteiger partial charge is 0.253 e. The summed E-state index contributed by atoms with van der Waals surface area (Å²) in [5.41, 5.74) is 5.41. The zero-order chi connectivity index (χ0) is 15.9. The highest BCUT2D eigenvalue weighted by Gasteiger charge is 2.33. The molecule has 1 unspecified atom stereocenters. The maximum atomic E-state index is 11.9. The molecule has 1 aliphatic rings. The SMILES string of the molecule is CNS(=O)(=O)C1COc2ccc3cnn(C[C@H](C)N)c3c2O1. The fourth-order valence-electron chi connectivity index (χ4n) is 2.37. The molecule has 2 atom stereocenters. The monoisotopic (exact) mass is 326 g/mol. The minimum absolute atomic E-state index is 0.0664. The molecule has 2 heterocycles. The van der Waals surface area contributed by atoms with Crippen LogP contribution in [0.5, 0.6) is 11.5 Å². The highest BCUT2D eigenvalue weighted by Crippen LogP contribution is 2.39. The van der Waals surface area contributed by atoms with Crippen LogP contribution in [0.3, 0.4) is 0 Å². The minimum atomic E-state index is -3.60. The van der Waals surface area contributed by atoms with Crippen LogP contribution in [0.2, 0.25) is 0 Å². The molecule has 0 saturated heterocycles. The van der Waals surface area contributed by atoms with E-state index in [4.69, 9.17) is 15.2 Å². The third kappa shape index (κ3) is 2.51. The average molecular weight is 326 g/mol. The normalized spacial score (nSPS) is 19.3. The summed E-state index contributed by atoms with van der Waals surface area (Å²) in [7, 11) is -2.26. The maximum Gasteiger partial charge on any atom is 0.253 e. The average Bonchev–Trinajstić information content (AvgIpc) is 2.89. The molecule has 0 aliphatic carbocycles. The molecule has 0 bridgehead atoms. The molecule has 8 nitrogen and oxygen atoms in total. The van der Waals surface area contributed by atoms with E-state index in [2.05, 4.69) is 9.82 Å². The van der Waals surface area contributed by atoms with E-state index in [0.717, 1.165) is 5.39 Å². The Balaban J connectivity index is 2.09. The van der Waals surface area contributed by atoms with Crippen LogP contribution in [0.1, 0.15) is 6.92 Å². The Bertz CT molecular complexity index is 800. The first-order valence-electron chi connectivity index (χ1n) is 6.88. The van der Waals surface area contributed by atoms with E-state index in [9.17, 15) is 8.42 Å². The molecule has 120 valence electrons. The molecule has 22 heavy (non-hydrogen) atoms. The van der Waals surface area contributed by atoms with Crippen LogP contribution in [0, 0.1) is 0 Å². The van der Waals surface area contributed by atoms with Crippen molar-refractivity contribution in [2.45, 2.75) is 24.9 Å². The predicted octanol–water partition coefficient (Wildman–Crippen LogP) is 0.0300. The Kier molecular flexibility index (Phi) is 3.71. The van der Waals surface area contributed by atoms with Crippen LogP contribution in [-0.2, 0) is 16.6 Å². The molecular formula is C13H18N4O4S. The third-order valence-corrected chi connectivity index (χ3v) is 4.93. The van der Waals surface area contributed by atoms with E-state index in [1.165, 1.54) is 7.05 Å². The molecule has 3 N–H and O–H groups in total. The van der Waals surface area contributed by atoms with Crippen molar-refractivity contribution >= 4 is 20.9 Å². The number of ether oxygens (including phenoxy) is 2. The number of nitrogens with two attached hydrogens (primary N) is 1. The summed E-state index contributed by atoms with van der Waals surface area (Å²) in [5.74, 6) is 0.882. The summed E-state index contributed by atoms with van der Waals surface area (Å²) in [5, 5.41) is 5.13. The van der Waals surface area contributed by atoms with Crippen LogP contribution in [0.4, 0.5) is 0 Å². The van der Waals surface area contributed by atoms with Crippen LogP contribution < -0.4 is 19.9 Å². The van der Waals surface area contributed by atoms with Crippen molar-refractivity contribution in [3.8, 4) is 11.5 Å². The molecule has 0 fully saturated rings. The molecule has 0 spiro atoms. The molecule has 0 saturated carbocycles. The van der Waals surface area contributed by atoms with E-state index in [0.29, 0.717) is 23.6 Å². The Morgan fingerprint density at radius 1 is 1.55 bits per heavy atom. The van der Waals surface area contributed by atoms with Gasteiger partial charge in [0.15, 0.2) is 11.5 Å². The first kappa shape index (κ1) is 15.1. The molecular weight excluding hydrogens is 308 g/mol. The van der Waals surface area contributed by atoms with Gasteiger partial charge in [-0.3, -0.25) is 4.68 Å². The van der Waals surface area contributed by atoms with Crippen molar-refractivity contribution in [1.82, 2.24) is 14.5 Å². The number of nitrogens with zero attached hydrogens (tertiary/aromatic N) is 2. The highest BCUT2D eigenvalue weighted by atomic mass is 32.2.